The van der Waals surface area contributed by atoms with Gasteiger partial charge in [-0.25, -0.2) is 0 Å². The zero-order chi connectivity index (χ0) is 18.2. The maximum atomic E-state index is 13.3. The molecule has 0 spiro atoms. The summed E-state index contributed by atoms with van der Waals surface area (Å²) >= 11 is 0. The van der Waals surface area contributed by atoms with Crippen LogP contribution in [0.5, 0.6) is 0 Å². The van der Waals surface area contributed by atoms with Crippen molar-refractivity contribution in [1.82, 2.24) is 0 Å². The van der Waals surface area contributed by atoms with Crippen LogP contribution in [-0.2, 0) is 9.59 Å². The van der Waals surface area contributed by atoms with Crippen molar-refractivity contribution in [3.05, 3.63) is 0 Å². The van der Waals surface area contributed by atoms with E-state index in [-0.39, 0.29) is 40.8 Å². The minimum absolute atomic E-state index is 0.0200. The highest BCUT2D eigenvalue weighted by molar-refractivity contribution is 5.92. The lowest BCUT2D eigenvalue weighted by Gasteiger charge is -2.63. The summed E-state index contributed by atoms with van der Waals surface area (Å²) in [4.78, 5) is 25.7. The maximum absolute atomic E-state index is 13.3. The van der Waals surface area contributed by atoms with Gasteiger partial charge in [-0.2, -0.15) is 0 Å². The molecule has 0 unspecified atom stereocenters. The van der Waals surface area contributed by atoms with E-state index in [0.29, 0.717) is 18.8 Å². The fourth-order valence-electron chi connectivity index (χ4n) is 7.33. The van der Waals surface area contributed by atoms with Crippen molar-refractivity contribution in [1.29, 1.82) is 0 Å². The third-order valence-corrected chi connectivity index (χ3v) is 9.05. The summed E-state index contributed by atoms with van der Waals surface area (Å²) in [6.45, 7) is 5.88. The van der Waals surface area contributed by atoms with Crippen molar-refractivity contribution in [2.75, 3.05) is 0 Å². The Balaban J connectivity index is 1.72. The lowest BCUT2D eigenvalue weighted by Crippen LogP contribution is -2.66. The summed E-state index contributed by atoms with van der Waals surface area (Å²) in [5.41, 5.74) is -2.04. The van der Waals surface area contributed by atoms with Gasteiger partial charge in [-0.1, -0.05) is 13.8 Å². The summed E-state index contributed by atoms with van der Waals surface area (Å²) < 4.78 is 0. The summed E-state index contributed by atoms with van der Waals surface area (Å²) in [5, 5.41) is 21.1. The van der Waals surface area contributed by atoms with Gasteiger partial charge in [0.1, 0.15) is 11.4 Å². The molecule has 0 aromatic carbocycles. The monoisotopic (exact) mass is 348 g/mol. The van der Waals surface area contributed by atoms with Crippen molar-refractivity contribution in [2.45, 2.75) is 83.8 Å². The van der Waals surface area contributed by atoms with E-state index in [1.165, 1.54) is 0 Å². The molecule has 0 saturated heterocycles. The van der Waals surface area contributed by atoms with E-state index in [9.17, 15) is 19.8 Å². The number of aliphatic hydroxyl groups excluding tert-OH is 1. The van der Waals surface area contributed by atoms with E-state index in [1.807, 2.05) is 6.92 Å². The normalized spacial score (nSPS) is 56.0. The average molecular weight is 348 g/mol. The van der Waals surface area contributed by atoms with Gasteiger partial charge in [0.15, 0.2) is 5.78 Å². The van der Waals surface area contributed by atoms with Crippen LogP contribution >= 0.6 is 0 Å². The van der Waals surface area contributed by atoms with Crippen LogP contribution < -0.4 is 0 Å². The number of ketones is 2. The van der Waals surface area contributed by atoms with Crippen molar-refractivity contribution < 1.29 is 19.8 Å². The lowest BCUT2D eigenvalue weighted by atomic mass is 9.40. The Morgan fingerprint density at radius 3 is 2.48 bits per heavy atom. The summed E-state index contributed by atoms with van der Waals surface area (Å²) in [7, 11) is 0. The Morgan fingerprint density at radius 2 is 1.76 bits per heavy atom. The molecule has 0 bridgehead atoms. The predicted molar refractivity (Wildman–Crippen MR) is 93.8 cm³/mol. The highest BCUT2D eigenvalue weighted by Crippen LogP contribution is 2.65. The lowest BCUT2D eigenvalue weighted by molar-refractivity contribution is -0.199. The Kier molecular flexibility index (Phi) is 3.81. The van der Waals surface area contributed by atoms with Crippen LogP contribution in [0.4, 0.5) is 0 Å². The number of carbonyl (C=O) groups is 2. The molecule has 25 heavy (non-hydrogen) atoms. The Labute approximate surface area is 150 Å². The van der Waals surface area contributed by atoms with E-state index >= 15 is 0 Å². The number of Topliss-reactive ketones (excluding diaryl/α,β-unsaturated/α-hetero) is 2. The molecule has 4 aliphatic rings. The molecule has 4 aliphatic carbocycles. The van der Waals surface area contributed by atoms with Gasteiger partial charge in [0.2, 0.25) is 0 Å². The summed E-state index contributed by atoms with van der Waals surface area (Å²) in [6.07, 6.45) is 5.94. The fourth-order valence-corrected chi connectivity index (χ4v) is 7.33. The zero-order valence-electron chi connectivity index (χ0n) is 15.8. The molecule has 8 atom stereocenters. The second-order valence-electron chi connectivity index (χ2n) is 10.1. The van der Waals surface area contributed by atoms with Crippen molar-refractivity contribution in [2.24, 2.45) is 34.5 Å². The first-order valence-electron chi connectivity index (χ1n) is 10.1. The van der Waals surface area contributed by atoms with Crippen molar-refractivity contribution in [3.8, 4) is 0 Å². The summed E-state index contributed by atoms with van der Waals surface area (Å²) in [6, 6.07) is 0. The van der Waals surface area contributed by atoms with Gasteiger partial charge in [-0.15, -0.1) is 0 Å². The molecule has 4 nitrogen and oxygen atoms in total. The molecule has 0 aliphatic heterocycles. The quantitative estimate of drug-likeness (QED) is 0.706. The molecule has 4 rings (SSSR count). The van der Waals surface area contributed by atoms with Gasteiger partial charge in [-0.05, 0) is 68.6 Å². The number of carbonyl (C=O) groups excluding carboxylic acids is 2. The Hall–Kier alpha value is -0.740. The van der Waals surface area contributed by atoms with Crippen LogP contribution in [0, 0.1) is 34.5 Å². The van der Waals surface area contributed by atoms with Gasteiger partial charge in [0, 0.05) is 24.2 Å². The van der Waals surface area contributed by atoms with E-state index in [0.717, 1.165) is 38.5 Å². The SMILES string of the molecule is C[C@]12CC[C@H](O)C[C@@H]1CC[C@@H]1[C@@H]2C(=O)C[C@]2(C)[C@H]1CCC(=O)[C@]2(C)O. The van der Waals surface area contributed by atoms with Crippen LogP contribution in [0.1, 0.15) is 72.1 Å². The number of hydrogen-bond acceptors (Lipinski definition) is 4. The van der Waals surface area contributed by atoms with E-state index in [4.69, 9.17) is 0 Å². The Morgan fingerprint density at radius 1 is 1.04 bits per heavy atom. The van der Waals surface area contributed by atoms with Gasteiger partial charge in [0.25, 0.3) is 0 Å². The molecule has 0 aromatic rings. The molecule has 4 heteroatoms. The number of hydrogen-bond donors (Lipinski definition) is 2. The largest absolute Gasteiger partial charge is 0.393 e. The minimum Gasteiger partial charge on any atom is -0.393 e. The molecule has 0 amide bonds. The van der Waals surface area contributed by atoms with Gasteiger partial charge < -0.3 is 10.2 Å². The third kappa shape index (κ3) is 2.19. The number of rotatable bonds is 0. The predicted octanol–water partition coefficient (Wildman–Crippen LogP) is 2.89. The van der Waals surface area contributed by atoms with E-state index < -0.39 is 11.0 Å². The van der Waals surface area contributed by atoms with Crippen molar-refractivity contribution in [3.63, 3.8) is 0 Å². The smallest absolute Gasteiger partial charge is 0.164 e. The highest BCUT2D eigenvalue weighted by atomic mass is 16.3. The topological polar surface area (TPSA) is 74.6 Å². The van der Waals surface area contributed by atoms with Crippen LogP contribution in [0.25, 0.3) is 0 Å². The summed E-state index contributed by atoms with van der Waals surface area (Å²) in [5.74, 6) is 1.15. The maximum Gasteiger partial charge on any atom is 0.164 e. The van der Waals surface area contributed by atoms with Gasteiger partial charge >= 0.3 is 0 Å². The van der Waals surface area contributed by atoms with Crippen LogP contribution in [0.2, 0.25) is 0 Å². The zero-order valence-corrected chi connectivity index (χ0v) is 15.8. The molecule has 0 radical (unpaired) electrons. The van der Waals surface area contributed by atoms with Crippen LogP contribution in [0.15, 0.2) is 0 Å². The van der Waals surface area contributed by atoms with E-state index in [2.05, 4.69) is 6.92 Å². The first-order valence-corrected chi connectivity index (χ1v) is 10.1. The van der Waals surface area contributed by atoms with Crippen molar-refractivity contribution >= 4 is 11.6 Å². The first kappa shape index (κ1) is 17.7. The fraction of sp³-hybridized carbons (Fsp3) is 0.905. The first-order chi connectivity index (χ1) is 11.6. The standard InChI is InChI=1S/C21H32O4/c1-19-9-8-13(22)10-12(19)4-5-14-15-6-7-17(24)21(3,25)20(15,2)11-16(23)18(14)19/h12-15,18,22,25H,4-11H2,1-3H3/t12-,13-,14-,15-,18+,19-,20+,21-/m0/s1. The molecule has 140 valence electrons. The van der Waals surface area contributed by atoms with Crippen LogP contribution in [0.3, 0.4) is 0 Å². The molecule has 2 N–H and O–H groups in total. The Bertz CT molecular complexity index is 611. The average Bonchev–Trinajstić information content (AvgIpc) is 2.52. The van der Waals surface area contributed by atoms with Gasteiger partial charge in [-0.3, -0.25) is 9.59 Å². The minimum atomic E-state index is -1.39. The second-order valence-corrected chi connectivity index (χ2v) is 10.1. The van der Waals surface area contributed by atoms with Gasteiger partial charge in [0.05, 0.1) is 6.10 Å². The van der Waals surface area contributed by atoms with Crippen LogP contribution in [-0.4, -0.2) is 33.5 Å². The highest BCUT2D eigenvalue weighted by Gasteiger charge is 2.66. The second kappa shape index (κ2) is 5.39. The molecule has 4 fully saturated rings. The number of aliphatic hydroxyl groups is 2. The molecule has 0 aromatic heterocycles. The molecular weight excluding hydrogens is 316 g/mol. The number of fused-ring (bicyclic) bond motifs is 5. The molecular formula is C21H32O4. The molecule has 0 heterocycles. The third-order valence-electron chi connectivity index (χ3n) is 9.05. The van der Waals surface area contributed by atoms with E-state index in [1.54, 1.807) is 6.92 Å². The molecule has 4 saturated carbocycles.